The summed E-state index contributed by atoms with van der Waals surface area (Å²) in [6, 6.07) is 3.28. The molecule has 1 fully saturated rings. The molecule has 3 heterocycles. The van der Waals surface area contributed by atoms with Gasteiger partial charge in [-0.1, -0.05) is 12.6 Å². The smallest absolute Gasteiger partial charge is 0.251 e. The second-order valence-corrected chi connectivity index (χ2v) is 9.57. The van der Waals surface area contributed by atoms with Gasteiger partial charge in [-0.05, 0) is 43.5 Å². The zero-order chi connectivity index (χ0) is 25.8. The maximum absolute atomic E-state index is 13.7. The van der Waals surface area contributed by atoms with Crippen LogP contribution in [0.2, 0.25) is 0 Å². The minimum Gasteiger partial charge on any atom is -0.496 e. The molecule has 2 aliphatic rings. The first-order valence-electron chi connectivity index (χ1n) is 12.4. The van der Waals surface area contributed by atoms with Crippen molar-refractivity contribution in [2.24, 2.45) is 5.92 Å². The van der Waals surface area contributed by atoms with E-state index >= 15 is 0 Å². The number of halogens is 3. The van der Waals surface area contributed by atoms with Crippen LogP contribution in [0, 0.1) is 5.92 Å². The van der Waals surface area contributed by atoms with Crippen molar-refractivity contribution in [3.8, 4) is 0 Å². The summed E-state index contributed by atoms with van der Waals surface area (Å²) >= 11 is 0. The fraction of sp³-hybridized carbons (Fsp3) is 0.519. The van der Waals surface area contributed by atoms with Crippen LogP contribution in [0.1, 0.15) is 31.0 Å². The van der Waals surface area contributed by atoms with Gasteiger partial charge in [-0.15, -0.1) is 0 Å². The minimum absolute atomic E-state index is 0.131. The van der Waals surface area contributed by atoms with Gasteiger partial charge in [0.15, 0.2) is 0 Å². The number of rotatable bonds is 11. The van der Waals surface area contributed by atoms with Crippen LogP contribution in [0.25, 0.3) is 10.9 Å². The Kier molecular flexibility index (Phi) is 8.41. The second kappa shape index (κ2) is 11.5. The van der Waals surface area contributed by atoms with Gasteiger partial charge in [-0.2, -0.15) is 5.10 Å². The summed E-state index contributed by atoms with van der Waals surface area (Å²) in [6.45, 7) is 10.2. The van der Waals surface area contributed by atoms with Crippen LogP contribution in [0.4, 0.5) is 13.2 Å². The third kappa shape index (κ3) is 5.47. The molecule has 0 radical (unpaired) electrons. The number of aromatic nitrogens is 2. The van der Waals surface area contributed by atoms with E-state index in [2.05, 4.69) is 21.7 Å². The number of nitrogens with one attached hydrogen (secondary N) is 1. The Labute approximate surface area is 210 Å². The van der Waals surface area contributed by atoms with Gasteiger partial charge in [-0.3, -0.25) is 19.3 Å². The molecule has 2 aliphatic heterocycles. The van der Waals surface area contributed by atoms with E-state index in [4.69, 9.17) is 9.47 Å². The van der Waals surface area contributed by atoms with Crippen LogP contribution in [0.3, 0.4) is 0 Å². The van der Waals surface area contributed by atoms with E-state index in [1.807, 2.05) is 32.1 Å². The topological polar surface area (TPSA) is 53.6 Å². The molecule has 1 aromatic heterocycles. The first-order valence-corrected chi connectivity index (χ1v) is 12.4. The molecule has 4 rings (SSSR count). The Morgan fingerprint density at radius 1 is 1.33 bits per heavy atom. The number of ether oxygens (including phenoxy) is 2. The number of alkyl halides is 3. The lowest BCUT2D eigenvalue weighted by molar-refractivity contribution is 0.0443. The maximum Gasteiger partial charge on any atom is 0.251 e. The first kappa shape index (κ1) is 26.3. The lowest BCUT2D eigenvalue weighted by Crippen LogP contribution is -2.48. The molecule has 0 spiro atoms. The van der Waals surface area contributed by atoms with Crippen molar-refractivity contribution < 1.29 is 22.6 Å². The van der Waals surface area contributed by atoms with E-state index < -0.39 is 12.5 Å². The number of hydrogen-bond acceptors (Lipinski definition) is 5. The van der Waals surface area contributed by atoms with Crippen molar-refractivity contribution in [2.75, 3.05) is 46.6 Å². The van der Waals surface area contributed by atoms with Gasteiger partial charge in [-0.25, -0.2) is 8.78 Å². The number of benzene rings is 1. The molecule has 2 aromatic rings. The Hall–Kier alpha value is -2.78. The number of allylic oxidation sites excluding steroid dienone is 2. The lowest BCUT2D eigenvalue weighted by atomic mass is 9.83. The number of aromatic amines is 1. The normalized spacial score (nSPS) is 22.1. The van der Waals surface area contributed by atoms with E-state index in [1.165, 1.54) is 0 Å². The van der Waals surface area contributed by atoms with Crippen LogP contribution >= 0.6 is 0 Å². The summed E-state index contributed by atoms with van der Waals surface area (Å²) in [5.74, 6) is 1.21. The molecule has 0 aliphatic carbocycles. The highest BCUT2D eigenvalue weighted by molar-refractivity contribution is 5.83. The molecule has 0 saturated carbocycles. The molecular weight excluding hydrogens is 469 g/mol. The monoisotopic (exact) mass is 504 g/mol. The highest BCUT2D eigenvalue weighted by Gasteiger charge is 2.37. The van der Waals surface area contributed by atoms with Crippen molar-refractivity contribution in [3.63, 3.8) is 0 Å². The van der Waals surface area contributed by atoms with E-state index in [9.17, 15) is 13.2 Å². The molecule has 196 valence electrons. The highest BCUT2D eigenvalue weighted by atomic mass is 19.3. The zero-order valence-electron chi connectivity index (χ0n) is 21.1. The number of methoxy groups -OCH3 is 1. The van der Waals surface area contributed by atoms with Crippen LogP contribution < -0.4 is 0 Å². The molecule has 1 N–H and O–H groups in total. The largest absolute Gasteiger partial charge is 0.496 e. The summed E-state index contributed by atoms with van der Waals surface area (Å²) < 4.78 is 51.6. The molecule has 0 amide bonds. The number of nitrogens with zero attached hydrogens (tertiary/aromatic N) is 3. The highest BCUT2D eigenvalue weighted by Crippen LogP contribution is 2.42. The Morgan fingerprint density at radius 3 is 2.78 bits per heavy atom. The molecule has 6 nitrogen and oxygen atoms in total. The minimum atomic E-state index is -2.48. The van der Waals surface area contributed by atoms with Crippen molar-refractivity contribution in [1.82, 2.24) is 20.0 Å². The molecule has 9 heteroatoms. The van der Waals surface area contributed by atoms with Crippen LogP contribution in [0.5, 0.6) is 0 Å². The molecular formula is C27H35F3N4O2. The van der Waals surface area contributed by atoms with E-state index in [0.717, 1.165) is 35.1 Å². The Balaban J connectivity index is 1.58. The molecule has 0 bridgehead atoms. The van der Waals surface area contributed by atoms with Crippen molar-refractivity contribution in [2.45, 2.75) is 38.8 Å². The summed E-state index contributed by atoms with van der Waals surface area (Å²) in [4.78, 5) is 3.95. The Bertz CT molecular complexity index is 1120. The maximum atomic E-state index is 13.7. The van der Waals surface area contributed by atoms with Gasteiger partial charge < -0.3 is 9.47 Å². The van der Waals surface area contributed by atoms with Gasteiger partial charge in [0.25, 0.3) is 6.43 Å². The van der Waals surface area contributed by atoms with E-state index in [-0.39, 0.29) is 25.2 Å². The quantitative estimate of drug-likeness (QED) is 0.344. The number of fused-ring (bicyclic) bond motifs is 3. The number of likely N-dealkylation sites (tertiary alicyclic amines) is 1. The summed E-state index contributed by atoms with van der Waals surface area (Å²) in [6.07, 6.45) is 3.54. The molecule has 36 heavy (non-hydrogen) atoms. The van der Waals surface area contributed by atoms with Gasteiger partial charge in [0.05, 0.1) is 38.1 Å². The summed E-state index contributed by atoms with van der Waals surface area (Å²) in [5, 5.41) is 8.16. The van der Waals surface area contributed by atoms with E-state index in [0.29, 0.717) is 36.7 Å². The molecule has 1 saturated heterocycles. The average Bonchev–Trinajstić information content (AvgIpc) is 3.32. The SMILES string of the molecule is C=C(/C(=C\C(=C/C)OCCN1CC(CF)C1)OC)[C@@H]1c2ccc3[nH]ncc3c2C[C@@H](C)N1CC(F)F. The van der Waals surface area contributed by atoms with Crippen molar-refractivity contribution >= 4 is 10.9 Å². The van der Waals surface area contributed by atoms with Gasteiger partial charge in [0, 0.05) is 48.6 Å². The van der Waals surface area contributed by atoms with Crippen LogP contribution in [0.15, 0.2) is 54.2 Å². The van der Waals surface area contributed by atoms with Crippen LogP contribution in [-0.4, -0.2) is 79.0 Å². The Morgan fingerprint density at radius 2 is 2.11 bits per heavy atom. The third-order valence-corrected chi connectivity index (χ3v) is 7.16. The summed E-state index contributed by atoms with van der Waals surface area (Å²) in [7, 11) is 1.55. The van der Waals surface area contributed by atoms with Gasteiger partial charge in [0.1, 0.15) is 18.1 Å². The fourth-order valence-electron chi connectivity index (χ4n) is 5.26. The molecule has 0 unspecified atom stereocenters. The predicted octanol–water partition coefficient (Wildman–Crippen LogP) is 5.02. The fourth-order valence-corrected chi connectivity index (χ4v) is 5.26. The summed E-state index contributed by atoms with van der Waals surface area (Å²) in [5.41, 5.74) is 3.52. The van der Waals surface area contributed by atoms with Gasteiger partial charge >= 0.3 is 0 Å². The lowest BCUT2D eigenvalue weighted by Gasteiger charge is -2.43. The third-order valence-electron chi connectivity index (χ3n) is 7.16. The predicted molar refractivity (Wildman–Crippen MR) is 135 cm³/mol. The second-order valence-electron chi connectivity index (χ2n) is 9.57. The van der Waals surface area contributed by atoms with Crippen molar-refractivity contribution in [1.29, 1.82) is 0 Å². The molecule has 2 atom stereocenters. The van der Waals surface area contributed by atoms with Crippen LogP contribution in [-0.2, 0) is 15.9 Å². The van der Waals surface area contributed by atoms with E-state index in [1.54, 1.807) is 24.3 Å². The zero-order valence-corrected chi connectivity index (χ0v) is 21.1. The molecule has 1 aromatic carbocycles. The number of H-pyrrole nitrogens is 1. The van der Waals surface area contributed by atoms with Crippen molar-refractivity contribution in [3.05, 3.63) is 65.3 Å². The first-order chi connectivity index (χ1) is 17.4. The number of hydrogen-bond donors (Lipinski definition) is 1. The van der Waals surface area contributed by atoms with Gasteiger partial charge in [0.2, 0.25) is 0 Å². The standard InChI is InChI=1S/C27H35F3N4O2/c1-5-20(36-9-8-33-14-19(12-28)15-33)11-25(35-4)18(3)27-21-6-7-24-23(13-31-32-24)22(21)10-17(2)34(27)16-26(29)30/h5-7,11,13,17,19,26-27H,3,8-10,12,14-16H2,1-2,4H3,(H,31,32)/b20-5+,25-11+/t17-,27-/m1/s1. The average molecular weight is 505 g/mol.